The number of aromatic nitrogens is 1. The molecule has 2 amide bonds. The predicted octanol–water partition coefficient (Wildman–Crippen LogP) is 3.11. The summed E-state index contributed by atoms with van der Waals surface area (Å²) in [6, 6.07) is 12.7. The largest absolute Gasteiger partial charge is 0.345 e. The van der Waals surface area contributed by atoms with Crippen molar-refractivity contribution in [2.24, 2.45) is 0 Å². The van der Waals surface area contributed by atoms with Crippen LogP contribution < -0.4 is 10.6 Å². The Morgan fingerprint density at radius 3 is 3.00 bits per heavy atom. The molecule has 1 aliphatic heterocycles. The Hall–Kier alpha value is -2.73. The molecular formula is C17H13N3O2S. The van der Waals surface area contributed by atoms with Crippen molar-refractivity contribution in [2.45, 2.75) is 12.5 Å². The van der Waals surface area contributed by atoms with E-state index in [0.717, 1.165) is 21.5 Å². The van der Waals surface area contributed by atoms with Crippen LogP contribution in [0.5, 0.6) is 0 Å². The molecule has 4 rings (SSSR count). The number of para-hydroxylation sites is 1. The quantitative estimate of drug-likeness (QED) is 0.761. The molecule has 0 aliphatic carbocycles. The summed E-state index contributed by atoms with van der Waals surface area (Å²) in [5.74, 6) is -0.278. The van der Waals surface area contributed by atoms with Crippen LogP contribution in [-0.2, 0) is 4.79 Å². The summed E-state index contributed by atoms with van der Waals surface area (Å²) >= 11 is 1.44. The number of carbonyl (C=O) groups excluding carboxylic acids is 2. The Morgan fingerprint density at radius 2 is 2.09 bits per heavy atom. The zero-order chi connectivity index (χ0) is 15.8. The maximum Gasteiger partial charge on any atom is 0.253 e. The van der Waals surface area contributed by atoms with E-state index >= 15 is 0 Å². The van der Waals surface area contributed by atoms with Crippen LogP contribution >= 0.6 is 11.3 Å². The highest BCUT2D eigenvalue weighted by Crippen LogP contribution is 2.31. The fourth-order valence-corrected chi connectivity index (χ4v) is 3.64. The van der Waals surface area contributed by atoms with E-state index in [9.17, 15) is 9.59 Å². The number of thiazole rings is 1. The molecule has 0 fully saturated rings. The molecule has 0 spiro atoms. The lowest BCUT2D eigenvalue weighted by atomic mass is 9.97. The van der Waals surface area contributed by atoms with Gasteiger partial charge in [0.15, 0.2) is 0 Å². The highest BCUT2D eigenvalue weighted by Gasteiger charge is 2.26. The molecule has 2 aromatic carbocycles. The highest BCUT2D eigenvalue weighted by molar-refractivity contribution is 7.17. The second kappa shape index (κ2) is 5.48. The molecule has 114 valence electrons. The number of nitrogens with zero attached hydrogens (tertiary/aromatic N) is 1. The van der Waals surface area contributed by atoms with Crippen molar-refractivity contribution in [3.05, 3.63) is 59.1 Å². The van der Waals surface area contributed by atoms with Gasteiger partial charge in [-0.25, -0.2) is 4.98 Å². The first kappa shape index (κ1) is 13.9. The van der Waals surface area contributed by atoms with Gasteiger partial charge in [-0.3, -0.25) is 9.59 Å². The third kappa shape index (κ3) is 2.47. The minimum atomic E-state index is -0.323. The van der Waals surface area contributed by atoms with Gasteiger partial charge in [0, 0.05) is 5.69 Å². The van der Waals surface area contributed by atoms with Gasteiger partial charge in [-0.05, 0) is 23.8 Å². The van der Waals surface area contributed by atoms with Crippen LogP contribution in [0.15, 0.2) is 48.0 Å². The minimum Gasteiger partial charge on any atom is -0.345 e. The van der Waals surface area contributed by atoms with Gasteiger partial charge >= 0.3 is 0 Å². The number of hydrogen-bond donors (Lipinski definition) is 2. The average molecular weight is 323 g/mol. The lowest BCUT2D eigenvalue weighted by Gasteiger charge is -2.26. The van der Waals surface area contributed by atoms with Crippen molar-refractivity contribution < 1.29 is 9.59 Å². The van der Waals surface area contributed by atoms with Gasteiger partial charge < -0.3 is 10.6 Å². The van der Waals surface area contributed by atoms with Crippen molar-refractivity contribution >= 4 is 39.1 Å². The Morgan fingerprint density at radius 1 is 1.22 bits per heavy atom. The highest BCUT2D eigenvalue weighted by atomic mass is 32.1. The Bertz CT molecular complexity index is 919. The first-order chi connectivity index (χ1) is 11.2. The Labute approximate surface area is 136 Å². The number of hydrogen-bond acceptors (Lipinski definition) is 4. The zero-order valence-electron chi connectivity index (χ0n) is 12.1. The molecule has 2 heterocycles. The van der Waals surface area contributed by atoms with E-state index in [4.69, 9.17) is 0 Å². The molecule has 0 saturated carbocycles. The minimum absolute atomic E-state index is 0.0926. The summed E-state index contributed by atoms with van der Waals surface area (Å²) < 4.78 is 0.860. The molecule has 1 atom stereocenters. The first-order valence-electron chi connectivity index (χ1n) is 7.24. The molecule has 6 heteroatoms. The van der Waals surface area contributed by atoms with E-state index in [2.05, 4.69) is 15.6 Å². The predicted molar refractivity (Wildman–Crippen MR) is 89.5 cm³/mol. The van der Waals surface area contributed by atoms with Gasteiger partial charge in [0.2, 0.25) is 5.91 Å². The lowest BCUT2D eigenvalue weighted by Crippen LogP contribution is -2.35. The number of benzene rings is 2. The molecular weight excluding hydrogens is 310 g/mol. The van der Waals surface area contributed by atoms with Crippen LogP contribution in [0.25, 0.3) is 10.2 Å². The van der Waals surface area contributed by atoms with Gasteiger partial charge in [0.05, 0.1) is 33.8 Å². The molecule has 0 saturated heterocycles. The number of carbonyl (C=O) groups is 2. The molecule has 1 aliphatic rings. The van der Waals surface area contributed by atoms with E-state index in [1.165, 1.54) is 11.3 Å². The maximum absolute atomic E-state index is 12.7. The molecule has 0 radical (unpaired) electrons. The number of amides is 2. The second-order valence-corrected chi connectivity index (χ2v) is 6.23. The van der Waals surface area contributed by atoms with E-state index in [1.54, 1.807) is 11.6 Å². The summed E-state index contributed by atoms with van der Waals surface area (Å²) in [6.07, 6.45) is 0.238. The molecule has 2 N–H and O–H groups in total. The second-order valence-electron chi connectivity index (χ2n) is 5.37. The van der Waals surface area contributed by atoms with Gasteiger partial charge in [0.25, 0.3) is 5.91 Å². The molecule has 5 nitrogen and oxygen atoms in total. The molecule has 1 aromatic heterocycles. The fourth-order valence-electron chi connectivity index (χ4n) is 2.84. The normalized spacial score (nSPS) is 16.7. The van der Waals surface area contributed by atoms with E-state index in [-0.39, 0.29) is 24.3 Å². The number of rotatable bonds is 2. The monoisotopic (exact) mass is 323 g/mol. The summed E-state index contributed by atoms with van der Waals surface area (Å²) in [7, 11) is 0. The fraction of sp³-hybridized carbons (Fsp3) is 0.118. The lowest BCUT2D eigenvalue weighted by molar-refractivity contribution is -0.116. The van der Waals surface area contributed by atoms with Crippen molar-refractivity contribution in [3.63, 3.8) is 0 Å². The van der Waals surface area contributed by atoms with Crippen molar-refractivity contribution in [2.75, 3.05) is 5.32 Å². The molecule has 0 bridgehead atoms. The number of nitrogens with one attached hydrogen (secondary N) is 2. The smallest absolute Gasteiger partial charge is 0.253 e. The summed E-state index contributed by atoms with van der Waals surface area (Å²) in [4.78, 5) is 28.8. The molecule has 3 aromatic rings. The van der Waals surface area contributed by atoms with Crippen LogP contribution in [0.4, 0.5) is 5.69 Å². The topological polar surface area (TPSA) is 71.1 Å². The SMILES string of the molecule is O=C1CC(NC(=O)c2cccc3ncsc23)c2ccccc2N1. The van der Waals surface area contributed by atoms with Crippen LogP contribution in [-0.4, -0.2) is 16.8 Å². The third-order valence-electron chi connectivity index (χ3n) is 3.91. The maximum atomic E-state index is 12.7. The van der Waals surface area contributed by atoms with Crippen LogP contribution in [0.2, 0.25) is 0 Å². The molecule has 23 heavy (non-hydrogen) atoms. The van der Waals surface area contributed by atoms with Gasteiger partial charge in [-0.1, -0.05) is 24.3 Å². The van der Waals surface area contributed by atoms with Gasteiger partial charge in [-0.15, -0.1) is 11.3 Å². The summed E-state index contributed by atoms with van der Waals surface area (Å²) in [5.41, 5.74) is 4.81. The van der Waals surface area contributed by atoms with Crippen molar-refractivity contribution in [1.29, 1.82) is 0 Å². The van der Waals surface area contributed by atoms with E-state index in [0.29, 0.717) is 5.56 Å². The van der Waals surface area contributed by atoms with E-state index in [1.807, 2.05) is 36.4 Å². The number of anilines is 1. The average Bonchev–Trinajstić information content (AvgIpc) is 3.03. The third-order valence-corrected chi connectivity index (χ3v) is 4.78. The van der Waals surface area contributed by atoms with Crippen LogP contribution in [0, 0.1) is 0 Å². The number of fused-ring (bicyclic) bond motifs is 2. The van der Waals surface area contributed by atoms with Crippen LogP contribution in [0.1, 0.15) is 28.4 Å². The summed E-state index contributed by atoms with van der Waals surface area (Å²) in [6.45, 7) is 0. The molecule has 1 unspecified atom stereocenters. The van der Waals surface area contributed by atoms with Crippen molar-refractivity contribution in [1.82, 2.24) is 10.3 Å². The van der Waals surface area contributed by atoms with Gasteiger partial charge in [0.1, 0.15) is 0 Å². The standard InChI is InChI=1S/C17H13N3O2S/c21-15-8-14(10-4-1-2-6-12(10)19-15)20-17(22)11-5-3-7-13-16(11)23-9-18-13/h1-7,9,14H,8H2,(H,19,21)(H,20,22). The van der Waals surface area contributed by atoms with Gasteiger partial charge in [-0.2, -0.15) is 0 Å². The Kier molecular flexibility index (Phi) is 3.31. The zero-order valence-corrected chi connectivity index (χ0v) is 12.9. The first-order valence-corrected chi connectivity index (χ1v) is 8.12. The van der Waals surface area contributed by atoms with Crippen LogP contribution in [0.3, 0.4) is 0 Å². The summed E-state index contributed by atoms with van der Waals surface area (Å²) in [5, 5.41) is 5.81. The van der Waals surface area contributed by atoms with Crippen molar-refractivity contribution in [3.8, 4) is 0 Å². The Balaban J connectivity index is 1.67. The van der Waals surface area contributed by atoms with E-state index < -0.39 is 0 Å².